The van der Waals surface area contributed by atoms with Crippen molar-refractivity contribution in [2.75, 3.05) is 26.6 Å². The first-order valence-corrected chi connectivity index (χ1v) is 12.8. The van der Waals surface area contributed by atoms with Crippen LogP contribution in [0.4, 0.5) is 5.69 Å². The van der Waals surface area contributed by atoms with Crippen molar-refractivity contribution >= 4 is 17.4 Å². The molecule has 1 aliphatic heterocycles. The van der Waals surface area contributed by atoms with Crippen LogP contribution in [0.25, 0.3) is 0 Å². The van der Waals surface area contributed by atoms with Crippen LogP contribution in [0, 0.1) is 6.92 Å². The summed E-state index contributed by atoms with van der Waals surface area (Å²) >= 11 is 0. The number of benzene rings is 2. The van der Waals surface area contributed by atoms with Crippen LogP contribution in [-0.4, -0.2) is 33.0 Å². The molecule has 2 aromatic carbocycles. The molecule has 39 heavy (non-hydrogen) atoms. The van der Waals surface area contributed by atoms with Crippen LogP contribution in [0.5, 0.6) is 17.2 Å². The van der Waals surface area contributed by atoms with Gasteiger partial charge in [-0.25, -0.2) is 0 Å². The van der Waals surface area contributed by atoms with E-state index in [-0.39, 0.29) is 17.6 Å². The van der Waals surface area contributed by atoms with Gasteiger partial charge in [0, 0.05) is 23.4 Å². The van der Waals surface area contributed by atoms with Crippen LogP contribution >= 0.6 is 0 Å². The molecule has 3 aromatic rings. The highest BCUT2D eigenvalue weighted by molar-refractivity contribution is 6.10. The van der Waals surface area contributed by atoms with Gasteiger partial charge in [-0.3, -0.25) is 9.59 Å². The number of ketones is 1. The van der Waals surface area contributed by atoms with Crippen molar-refractivity contribution in [3.8, 4) is 17.2 Å². The Kier molecular flexibility index (Phi) is 7.19. The summed E-state index contributed by atoms with van der Waals surface area (Å²) in [7, 11) is 4.75. The molecule has 0 bridgehead atoms. The van der Waals surface area contributed by atoms with E-state index in [4.69, 9.17) is 18.6 Å². The van der Waals surface area contributed by atoms with Crippen molar-refractivity contribution in [1.82, 2.24) is 5.32 Å². The Balaban J connectivity index is 1.53. The molecular weight excluding hydrogens is 496 g/mol. The third-order valence-electron chi connectivity index (χ3n) is 7.35. The minimum absolute atomic E-state index is 0.0299. The number of methoxy groups -OCH3 is 3. The van der Waals surface area contributed by atoms with E-state index < -0.39 is 5.92 Å². The van der Waals surface area contributed by atoms with Crippen LogP contribution in [0.2, 0.25) is 0 Å². The molecule has 1 aliphatic carbocycles. The molecule has 202 valence electrons. The van der Waals surface area contributed by atoms with Gasteiger partial charge in [0.1, 0.15) is 17.3 Å². The number of hydrogen-bond acceptors (Lipinski definition) is 7. The minimum atomic E-state index is -0.636. The molecule has 1 amide bonds. The number of dihydropyridines is 1. The molecule has 8 nitrogen and oxygen atoms in total. The highest BCUT2D eigenvalue weighted by Gasteiger charge is 2.42. The zero-order valence-electron chi connectivity index (χ0n) is 22.7. The van der Waals surface area contributed by atoms with Crippen LogP contribution in [-0.2, 0) is 9.59 Å². The fourth-order valence-corrected chi connectivity index (χ4v) is 5.51. The van der Waals surface area contributed by atoms with E-state index in [1.54, 1.807) is 33.5 Å². The number of aryl methyl sites for hydroxylation is 1. The summed E-state index contributed by atoms with van der Waals surface area (Å²) in [6.07, 6.45) is 0.901. The summed E-state index contributed by atoms with van der Waals surface area (Å²) in [4.78, 5) is 27.6. The van der Waals surface area contributed by atoms with E-state index >= 15 is 0 Å². The predicted octanol–water partition coefficient (Wildman–Crippen LogP) is 5.61. The third-order valence-corrected chi connectivity index (χ3v) is 7.35. The predicted molar refractivity (Wildman–Crippen MR) is 147 cm³/mol. The van der Waals surface area contributed by atoms with Gasteiger partial charge >= 0.3 is 0 Å². The summed E-state index contributed by atoms with van der Waals surface area (Å²) in [5.41, 5.74) is 4.00. The average Bonchev–Trinajstić information content (AvgIpc) is 3.37. The van der Waals surface area contributed by atoms with Crippen molar-refractivity contribution in [2.24, 2.45) is 0 Å². The lowest BCUT2D eigenvalue weighted by atomic mass is 9.73. The Bertz CT molecular complexity index is 1500. The van der Waals surface area contributed by atoms with E-state index in [0.717, 1.165) is 11.3 Å². The molecule has 1 aromatic heterocycles. The second-order valence-corrected chi connectivity index (χ2v) is 9.73. The number of amides is 1. The van der Waals surface area contributed by atoms with Crippen LogP contribution < -0.4 is 24.8 Å². The van der Waals surface area contributed by atoms with Crippen LogP contribution in [0.3, 0.4) is 0 Å². The highest BCUT2D eigenvalue weighted by Crippen LogP contribution is 2.47. The van der Waals surface area contributed by atoms with E-state index in [9.17, 15) is 9.59 Å². The molecule has 0 radical (unpaired) electrons. The topological polar surface area (TPSA) is 99.0 Å². The number of carbonyl (C=O) groups excluding carboxylic acids is 2. The lowest BCUT2D eigenvalue weighted by Crippen LogP contribution is -2.37. The lowest BCUT2D eigenvalue weighted by Gasteiger charge is -2.36. The second-order valence-electron chi connectivity index (χ2n) is 9.73. The number of carbonyl (C=O) groups is 2. The standard InChI is InChI=1S/C31H32N2O6/c1-17-10-12-26(39-17)30-28(31(35)33-21-8-6-7-9-24(21)36-3)18(2)32-22-14-20(15-23(34)29(22)30)19-11-13-25(37-4)27(16-19)38-5/h6-13,16,20,30,32H,14-15H2,1-5H3,(H,33,35)/t20-,30+/m1/s1. The molecule has 8 heteroatoms. The molecule has 2 aliphatic rings. The van der Waals surface area contributed by atoms with E-state index in [1.165, 1.54) is 0 Å². The van der Waals surface area contributed by atoms with Gasteiger partial charge in [0.05, 0.1) is 38.5 Å². The molecule has 0 unspecified atom stereocenters. The fourth-order valence-electron chi connectivity index (χ4n) is 5.51. The van der Waals surface area contributed by atoms with E-state index in [0.29, 0.717) is 64.1 Å². The van der Waals surface area contributed by atoms with Gasteiger partial charge < -0.3 is 29.3 Å². The van der Waals surface area contributed by atoms with Crippen molar-refractivity contribution < 1.29 is 28.2 Å². The monoisotopic (exact) mass is 528 g/mol. The molecule has 2 heterocycles. The Hall–Kier alpha value is -4.46. The first kappa shape index (κ1) is 26.2. The van der Waals surface area contributed by atoms with Crippen molar-refractivity contribution in [1.29, 1.82) is 0 Å². The number of nitrogens with one attached hydrogen (secondary N) is 2. The largest absolute Gasteiger partial charge is 0.495 e. The zero-order chi connectivity index (χ0) is 27.7. The first-order valence-electron chi connectivity index (χ1n) is 12.8. The molecule has 0 spiro atoms. The van der Waals surface area contributed by atoms with E-state index in [2.05, 4.69) is 10.6 Å². The summed E-state index contributed by atoms with van der Waals surface area (Å²) in [6, 6.07) is 16.7. The van der Waals surface area contributed by atoms with Gasteiger partial charge in [0.15, 0.2) is 17.3 Å². The zero-order valence-corrected chi connectivity index (χ0v) is 22.7. The normalized spacial score (nSPS) is 18.8. The van der Waals surface area contributed by atoms with Gasteiger partial charge in [0.2, 0.25) is 0 Å². The molecule has 2 atom stereocenters. The van der Waals surface area contributed by atoms with Gasteiger partial charge in [0.25, 0.3) is 5.91 Å². The first-order chi connectivity index (χ1) is 18.8. The summed E-state index contributed by atoms with van der Waals surface area (Å²) in [5, 5.41) is 6.37. The van der Waals surface area contributed by atoms with E-state index in [1.807, 2.05) is 56.3 Å². The van der Waals surface area contributed by atoms with Gasteiger partial charge in [-0.15, -0.1) is 0 Å². The van der Waals surface area contributed by atoms with Crippen LogP contribution in [0.1, 0.15) is 48.7 Å². The molecule has 0 fully saturated rings. The minimum Gasteiger partial charge on any atom is -0.495 e. The second kappa shape index (κ2) is 10.7. The highest BCUT2D eigenvalue weighted by atomic mass is 16.5. The Morgan fingerprint density at radius 1 is 0.923 bits per heavy atom. The summed E-state index contributed by atoms with van der Waals surface area (Å²) in [5.74, 6) is 2.02. The fraction of sp³-hybridized carbons (Fsp3) is 0.290. The maximum atomic E-state index is 13.8. The SMILES string of the molecule is COc1ccccc1NC(=O)C1=C(C)NC2=C(C(=O)C[C@H](c3ccc(OC)c(OC)c3)C2)[C@H]1c1ccc(C)o1. The maximum Gasteiger partial charge on any atom is 0.254 e. The van der Waals surface area contributed by atoms with Gasteiger partial charge in [-0.1, -0.05) is 18.2 Å². The number of rotatable bonds is 7. The van der Waals surface area contributed by atoms with Gasteiger partial charge in [-0.2, -0.15) is 0 Å². The Morgan fingerprint density at radius 3 is 2.36 bits per heavy atom. The van der Waals surface area contributed by atoms with Crippen LogP contribution in [0.15, 0.2) is 81.6 Å². The smallest absolute Gasteiger partial charge is 0.254 e. The number of furan rings is 1. The Morgan fingerprint density at radius 2 is 1.67 bits per heavy atom. The summed E-state index contributed by atoms with van der Waals surface area (Å²) < 4.78 is 22.3. The lowest BCUT2D eigenvalue weighted by molar-refractivity contribution is -0.116. The number of Topliss-reactive ketones (excluding diaryl/α,β-unsaturated/α-hetero) is 1. The number of hydrogen-bond donors (Lipinski definition) is 2. The number of ether oxygens (including phenoxy) is 3. The molecular formula is C31H32N2O6. The number of para-hydroxylation sites is 2. The molecule has 0 saturated heterocycles. The van der Waals surface area contributed by atoms with Crippen molar-refractivity contribution in [3.63, 3.8) is 0 Å². The Labute approximate surface area is 227 Å². The summed E-state index contributed by atoms with van der Waals surface area (Å²) in [6.45, 7) is 3.70. The molecule has 2 N–H and O–H groups in total. The van der Waals surface area contributed by atoms with Gasteiger partial charge in [-0.05, 0) is 68.1 Å². The van der Waals surface area contributed by atoms with Crippen molar-refractivity contribution in [2.45, 2.75) is 38.5 Å². The maximum absolute atomic E-state index is 13.8. The number of allylic oxidation sites excluding steroid dienone is 3. The molecule has 0 saturated carbocycles. The number of anilines is 1. The molecule has 5 rings (SSSR count). The average molecular weight is 529 g/mol. The van der Waals surface area contributed by atoms with Crippen molar-refractivity contribution in [3.05, 3.63) is 94.2 Å². The third kappa shape index (κ3) is 4.90. The quantitative estimate of drug-likeness (QED) is 0.411.